The van der Waals surface area contributed by atoms with Crippen molar-refractivity contribution in [3.8, 4) is 0 Å². The van der Waals surface area contributed by atoms with Crippen molar-refractivity contribution in [1.82, 2.24) is 4.90 Å². The highest BCUT2D eigenvalue weighted by Gasteiger charge is 2.33. The molecule has 1 N–H and O–H groups in total. The zero-order valence-electron chi connectivity index (χ0n) is 14.5. The van der Waals surface area contributed by atoms with E-state index in [2.05, 4.69) is 15.2 Å². The summed E-state index contributed by atoms with van der Waals surface area (Å²) in [6.45, 7) is 1.90. The zero-order chi connectivity index (χ0) is 17.9. The van der Waals surface area contributed by atoms with Gasteiger partial charge in [0.1, 0.15) is 5.25 Å². The Labute approximate surface area is 156 Å². The molecule has 2 aromatic carbocycles. The molecule has 6 heteroatoms. The van der Waals surface area contributed by atoms with E-state index in [1.165, 1.54) is 18.2 Å². The molecule has 0 spiro atoms. The van der Waals surface area contributed by atoms with E-state index in [1.807, 2.05) is 42.5 Å². The zero-order valence-corrected chi connectivity index (χ0v) is 15.3. The molecule has 26 heavy (non-hydrogen) atoms. The summed E-state index contributed by atoms with van der Waals surface area (Å²) in [7, 11) is 0. The normalized spacial score (nSPS) is 20.3. The van der Waals surface area contributed by atoms with Crippen molar-refractivity contribution in [2.45, 2.75) is 30.9 Å². The topological polar surface area (TPSA) is 61.8 Å². The van der Waals surface area contributed by atoms with E-state index in [0.29, 0.717) is 0 Å². The number of carbonyl (C=O) groups excluding carboxylic acids is 2. The van der Waals surface area contributed by atoms with Gasteiger partial charge in [-0.1, -0.05) is 48.2 Å². The lowest BCUT2D eigenvalue weighted by Crippen LogP contribution is -2.33. The lowest BCUT2D eigenvalue weighted by Gasteiger charge is -2.27. The molecule has 2 amide bonds. The summed E-state index contributed by atoms with van der Waals surface area (Å²) in [5.41, 5.74) is 0.778. The van der Waals surface area contributed by atoms with Crippen LogP contribution in [0.5, 0.6) is 0 Å². The fourth-order valence-corrected chi connectivity index (χ4v) is 4.55. The van der Waals surface area contributed by atoms with Gasteiger partial charge in [-0.15, -0.1) is 0 Å². The van der Waals surface area contributed by atoms with Crippen molar-refractivity contribution in [3.05, 3.63) is 42.5 Å². The van der Waals surface area contributed by atoms with Crippen LogP contribution < -0.4 is 5.32 Å². The highest BCUT2D eigenvalue weighted by atomic mass is 32.2. The van der Waals surface area contributed by atoms with Gasteiger partial charge in [-0.2, -0.15) is 4.99 Å². The summed E-state index contributed by atoms with van der Waals surface area (Å²) in [4.78, 5) is 31.1. The molecule has 0 saturated carbocycles. The Morgan fingerprint density at radius 3 is 2.73 bits per heavy atom. The first-order chi connectivity index (χ1) is 12.7. The Bertz CT molecular complexity index is 869. The van der Waals surface area contributed by atoms with Crippen LogP contribution in [0.1, 0.15) is 25.7 Å². The van der Waals surface area contributed by atoms with Crippen LogP contribution in [0.4, 0.5) is 5.69 Å². The maximum absolute atomic E-state index is 12.5. The van der Waals surface area contributed by atoms with Gasteiger partial charge in [0, 0.05) is 30.6 Å². The second-order valence-electron chi connectivity index (χ2n) is 6.67. The number of anilines is 1. The standard InChI is InChI=1S/C20H21N3O2S/c24-18(21-16-10-6-8-14-7-2-3-9-15(14)16)13-17-19(25)22-20(26-17)23-11-4-1-5-12-23/h2-3,6-10,17H,1,4-5,11-13H2,(H,21,24)/t17-/m1/s1. The molecule has 0 bridgehead atoms. The summed E-state index contributed by atoms with van der Waals surface area (Å²) < 4.78 is 0. The molecule has 2 aliphatic heterocycles. The van der Waals surface area contributed by atoms with Gasteiger partial charge in [-0.25, -0.2) is 0 Å². The van der Waals surface area contributed by atoms with Crippen molar-refractivity contribution in [2.24, 2.45) is 4.99 Å². The summed E-state index contributed by atoms with van der Waals surface area (Å²) in [6.07, 6.45) is 3.66. The van der Waals surface area contributed by atoms with Crippen LogP contribution in [0.25, 0.3) is 10.8 Å². The number of nitrogens with one attached hydrogen (secondary N) is 1. The number of piperidine rings is 1. The van der Waals surface area contributed by atoms with E-state index in [-0.39, 0.29) is 18.2 Å². The lowest BCUT2D eigenvalue weighted by atomic mass is 10.1. The molecule has 4 rings (SSSR count). The second kappa shape index (κ2) is 7.50. The van der Waals surface area contributed by atoms with Crippen molar-refractivity contribution in [1.29, 1.82) is 0 Å². The van der Waals surface area contributed by atoms with Crippen molar-refractivity contribution in [2.75, 3.05) is 18.4 Å². The monoisotopic (exact) mass is 367 g/mol. The predicted octanol–water partition coefficient (Wildman–Crippen LogP) is 3.65. The van der Waals surface area contributed by atoms with E-state index in [0.717, 1.165) is 47.6 Å². The van der Waals surface area contributed by atoms with E-state index < -0.39 is 5.25 Å². The van der Waals surface area contributed by atoms with Gasteiger partial charge in [0.2, 0.25) is 5.91 Å². The molecule has 2 aliphatic rings. The number of likely N-dealkylation sites (tertiary alicyclic amines) is 1. The fraction of sp³-hybridized carbons (Fsp3) is 0.350. The van der Waals surface area contributed by atoms with Gasteiger partial charge in [-0.3, -0.25) is 9.59 Å². The first-order valence-corrected chi connectivity index (χ1v) is 9.90. The highest BCUT2D eigenvalue weighted by molar-refractivity contribution is 8.15. The van der Waals surface area contributed by atoms with Crippen molar-refractivity contribution < 1.29 is 9.59 Å². The smallest absolute Gasteiger partial charge is 0.262 e. The SMILES string of the molecule is O=C(C[C@H]1SC(N2CCCCC2)=NC1=O)Nc1cccc2ccccc12. The number of fused-ring (bicyclic) bond motifs is 1. The summed E-state index contributed by atoms with van der Waals surface area (Å²) >= 11 is 1.43. The Morgan fingerprint density at radius 2 is 1.88 bits per heavy atom. The molecule has 5 nitrogen and oxygen atoms in total. The maximum Gasteiger partial charge on any atom is 0.262 e. The van der Waals surface area contributed by atoms with Crippen LogP contribution in [-0.2, 0) is 9.59 Å². The maximum atomic E-state index is 12.5. The minimum atomic E-state index is -0.415. The van der Waals surface area contributed by atoms with Gasteiger partial charge in [0.15, 0.2) is 5.17 Å². The van der Waals surface area contributed by atoms with E-state index in [4.69, 9.17) is 0 Å². The van der Waals surface area contributed by atoms with Gasteiger partial charge < -0.3 is 10.2 Å². The molecular weight excluding hydrogens is 346 g/mol. The van der Waals surface area contributed by atoms with Crippen LogP contribution >= 0.6 is 11.8 Å². The Morgan fingerprint density at radius 1 is 1.12 bits per heavy atom. The number of hydrogen-bond acceptors (Lipinski definition) is 4. The Hall–Kier alpha value is -2.34. The number of hydrogen-bond donors (Lipinski definition) is 1. The molecular formula is C20H21N3O2S. The first-order valence-electron chi connectivity index (χ1n) is 9.02. The minimum absolute atomic E-state index is 0.146. The second-order valence-corrected chi connectivity index (χ2v) is 7.84. The number of carbonyl (C=O) groups is 2. The number of amidine groups is 1. The lowest BCUT2D eigenvalue weighted by molar-refractivity contribution is -0.121. The number of aliphatic imine (C=N–C) groups is 1. The summed E-state index contributed by atoms with van der Waals surface area (Å²) in [6, 6.07) is 13.7. The number of thioether (sulfide) groups is 1. The average molecular weight is 367 g/mol. The molecule has 0 aromatic heterocycles. The third-order valence-corrected chi connectivity index (χ3v) is 6.00. The first kappa shape index (κ1) is 17.1. The van der Waals surface area contributed by atoms with Crippen molar-refractivity contribution >= 4 is 45.2 Å². The van der Waals surface area contributed by atoms with Gasteiger partial charge >= 0.3 is 0 Å². The number of benzene rings is 2. The average Bonchev–Trinajstić information content (AvgIpc) is 3.03. The molecule has 2 aromatic rings. The van der Waals surface area contributed by atoms with Gasteiger partial charge in [0.05, 0.1) is 0 Å². The molecule has 0 aliphatic carbocycles. The number of amides is 2. The molecule has 1 saturated heterocycles. The molecule has 1 atom stereocenters. The highest BCUT2D eigenvalue weighted by Crippen LogP contribution is 2.29. The predicted molar refractivity (Wildman–Crippen MR) is 106 cm³/mol. The van der Waals surface area contributed by atoms with E-state index in [1.54, 1.807) is 0 Å². The fourth-order valence-electron chi connectivity index (χ4n) is 3.43. The quantitative estimate of drug-likeness (QED) is 0.899. The summed E-state index contributed by atoms with van der Waals surface area (Å²) in [5, 5.41) is 5.41. The summed E-state index contributed by atoms with van der Waals surface area (Å²) in [5.74, 6) is -0.342. The molecule has 0 unspecified atom stereocenters. The van der Waals surface area contributed by atoms with Gasteiger partial charge in [-0.05, 0) is 30.7 Å². The molecule has 1 fully saturated rings. The van der Waals surface area contributed by atoms with Crippen LogP contribution in [0, 0.1) is 0 Å². The largest absolute Gasteiger partial charge is 0.351 e. The van der Waals surface area contributed by atoms with E-state index >= 15 is 0 Å². The van der Waals surface area contributed by atoms with Crippen LogP contribution in [0.3, 0.4) is 0 Å². The van der Waals surface area contributed by atoms with Crippen LogP contribution in [-0.4, -0.2) is 40.2 Å². The van der Waals surface area contributed by atoms with Crippen molar-refractivity contribution in [3.63, 3.8) is 0 Å². The molecule has 134 valence electrons. The van der Waals surface area contributed by atoms with Gasteiger partial charge in [0.25, 0.3) is 5.91 Å². The van der Waals surface area contributed by atoms with Crippen LogP contribution in [0.15, 0.2) is 47.5 Å². The third-order valence-electron chi connectivity index (χ3n) is 4.79. The van der Waals surface area contributed by atoms with E-state index in [9.17, 15) is 9.59 Å². The Kier molecular flexibility index (Phi) is 4.93. The molecule has 0 radical (unpaired) electrons. The number of nitrogens with zero attached hydrogens (tertiary/aromatic N) is 2. The van der Waals surface area contributed by atoms with Crippen LogP contribution in [0.2, 0.25) is 0 Å². The number of rotatable bonds is 3. The molecule has 2 heterocycles. The minimum Gasteiger partial charge on any atom is -0.351 e. The third kappa shape index (κ3) is 3.60. The Balaban J connectivity index is 1.40.